The van der Waals surface area contributed by atoms with E-state index in [0.29, 0.717) is 5.75 Å². The molecular weight excluding hydrogens is 222 g/mol. The van der Waals surface area contributed by atoms with Crippen molar-refractivity contribution in [2.24, 2.45) is 0 Å². The van der Waals surface area contributed by atoms with Crippen LogP contribution in [0.2, 0.25) is 0 Å². The fraction of sp³-hybridized carbons (Fsp3) is 0.167. The maximum atomic E-state index is 5.00. The first kappa shape index (κ1) is 11.1. The fourth-order valence-electron chi connectivity index (χ4n) is 1.77. The molecule has 2 aromatic carbocycles. The van der Waals surface area contributed by atoms with Gasteiger partial charge in [-0.15, -0.1) is 4.33 Å². The standard InChI is InChI=1S/C12H13NO2S/c1-13(2)11-7-3-6-10-9(11)5-4-8-12(10)14-15-16/h3-8,16H,1-2H3. The lowest BCUT2D eigenvalue weighted by atomic mass is 10.1. The van der Waals surface area contributed by atoms with Crippen LogP contribution < -0.4 is 9.79 Å². The Bertz CT molecular complexity index is 499. The lowest BCUT2D eigenvalue weighted by Crippen LogP contribution is -2.08. The first-order valence-corrected chi connectivity index (χ1v) is 5.27. The summed E-state index contributed by atoms with van der Waals surface area (Å²) in [5.41, 5.74) is 1.14. The lowest BCUT2D eigenvalue weighted by molar-refractivity contribution is -0.0725. The van der Waals surface area contributed by atoms with Crippen LogP contribution in [-0.2, 0) is 4.33 Å². The highest BCUT2D eigenvalue weighted by Crippen LogP contribution is 2.32. The summed E-state index contributed by atoms with van der Waals surface area (Å²) in [7, 11) is 4.02. The molecule has 0 N–H and O–H groups in total. The van der Waals surface area contributed by atoms with E-state index in [1.807, 2.05) is 38.4 Å². The molecule has 0 unspecified atom stereocenters. The number of hydrogen-bond donors (Lipinski definition) is 1. The van der Waals surface area contributed by atoms with Crippen molar-refractivity contribution in [2.45, 2.75) is 0 Å². The molecule has 4 heteroatoms. The number of thiol groups is 1. The second-order valence-electron chi connectivity index (χ2n) is 3.68. The number of anilines is 1. The quantitative estimate of drug-likeness (QED) is 0.382. The van der Waals surface area contributed by atoms with Crippen molar-refractivity contribution in [3.8, 4) is 5.75 Å². The maximum Gasteiger partial charge on any atom is 0.174 e. The van der Waals surface area contributed by atoms with E-state index in [2.05, 4.69) is 34.3 Å². The predicted molar refractivity (Wildman–Crippen MR) is 69.0 cm³/mol. The van der Waals surface area contributed by atoms with Crippen molar-refractivity contribution in [2.75, 3.05) is 19.0 Å². The highest BCUT2D eigenvalue weighted by Gasteiger charge is 2.07. The van der Waals surface area contributed by atoms with Crippen molar-refractivity contribution >= 4 is 29.4 Å². The highest BCUT2D eigenvalue weighted by atomic mass is 32.1. The Labute approximate surface area is 100 Å². The smallest absolute Gasteiger partial charge is 0.174 e. The van der Waals surface area contributed by atoms with Gasteiger partial charge in [-0.25, -0.2) is 0 Å². The summed E-state index contributed by atoms with van der Waals surface area (Å²) in [5, 5.41) is 2.12. The van der Waals surface area contributed by atoms with E-state index in [9.17, 15) is 0 Å². The molecule has 0 aliphatic rings. The predicted octanol–water partition coefficient (Wildman–Crippen LogP) is 3.06. The molecular formula is C12H13NO2S. The molecule has 84 valence electrons. The second-order valence-corrected chi connectivity index (χ2v) is 3.83. The van der Waals surface area contributed by atoms with Crippen molar-refractivity contribution < 1.29 is 9.22 Å². The number of hydrogen-bond acceptors (Lipinski definition) is 4. The van der Waals surface area contributed by atoms with E-state index in [1.165, 1.54) is 0 Å². The third-order valence-electron chi connectivity index (χ3n) is 2.47. The minimum absolute atomic E-state index is 0.663. The summed E-state index contributed by atoms with van der Waals surface area (Å²) in [6.45, 7) is 0. The molecule has 2 rings (SSSR count). The van der Waals surface area contributed by atoms with Gasteiger partial charge in [-0.05, 0) is 12.1 Å². The normalized spacial score (nSPS) is 10.4. The molecule has 0 aromatic heterocycles. The average Bonchev–Trinajstić information content (AvgIpc) is 2.29. The summed E-state index contributed by atoms with van der Waals surface area (Å²) in [6, 6.07) is 11.9. The Kier molecular flexibility index (Phi) is 3.22. The summed E-state index contributed by atoms with van der Waals surface area (Å²) >= 11 is 3.59. The first-order chi connectivity index (χ1) is 7.74. The van der Waals surface area contributed by atoms with Gasteiger partial charge in [0.25, 0.3) is 0 Å². The van der Waals surface area contributed by atoms with Gasteiger partial charge in [0.1, 0.15) is 0 Å². The molecule has 0 saturated carbocycles. The van der Waals surface area contributed by atoms with Crippen LogP contribution in [-0.4, -0.2) is 14.1 Å². The molecule has 0 bridgehead atoms. The fourth-order valence-corrected chi connectivity index (χ4v) is 1.85. The van der Waals surface area contributed by atoms with Gasteiger partial charge in [-0.1, -0.05) is 24.3 Å². The van der Waals surface area contributed by atoms with E-state index in [1.54, 1.807) is 0 Å². The third-order valence-corrected chi connectivity index (χ3v) is 2.54. The van der Waals surface area contributed by atoms with Gasteiger partial charge in [-0.2, -0.15) is 0 Å². The van der Waals surface area contributed by atoms with Crippen molar-refractivity contribution in [3.05, 3.63) is 36.4 Å². The Morgan fingerprint density at radius 3 is 2.38 bits per heavy atom. The van der Waals surface area contributed by atoms with Gasteiger partial charge in [0.2, 0.25) is 0 Å². The second kappa shape index (κ2) is 4.63. The van der Waals surface area contributed by atoms with Crippen molar-refractivity contribution in [1.29, 1.82) is 0 Å². The zero-order valence-corrected chi connectivity index (χ0v) is 10.1. The molecule has 0 atom stereocenters. The van der Waals surface area contributed by atoms with E-state index in [-0.39, 0.29) is 0 Å². The number of benzene rings is 2. The van der Waals surface area contributed by atoms with Gasteiger partial charge in [-0.3, -0.25) is 0 Å². The van der Waals surface area contributed by atoms with Crippen LogP contribution in [0.3, 0.4) is 0 Å². The van der Waals surface area contributed by atoms with Gasteiger partial charge < -0.3 is 9.79 Å². The molecule has 0 saturated heterocycles. The Morgan fingerprint density at radius 2 is 1.69 bits per heavy atom. The Hall–Kier alpha value is -1.39. The Morgan fingerprint density at radius 1 is 1.00 bits per heavy atom. The molecule has 16 heavy (non-hydrogen) atoms. The minimum Gasteiger partial charge on any atom is -0.377 e. The molecule has 0 spiro atoms. The van der Waals surface area contributed by atoms with Crippen LogP contribution in [0.15, 0.2) is 36.4 Å². The molecule has 0 fully saturated rings. The lowest BCUT2D eigenvalue weighted by Gasteiger charge is -2.16. The number of rotatable bonds is 3. The van der Waals surface area contributed by atoms with Gasteiger partial charge in [0.15, 0.2) is 5.75 Å². The summed E-state index contributed by atoms with van der Waals surface area (Å²) in [6.07, 6.45) is 0. The monoisotopic (exact) mass is 235 g/mol. The molecule has 0 radical (unpaired) electrons. The minimum atomic E-state index is 0.663. The van der Waals surface area contributed by atoms with Crippen LogP contribution in [0, 0.1) is 0 Å². The van der Waals surface area contributed by atoms with Crippen LogP contribution in [0.4, 0.5) is 5.69 Å². The molecule has 0 heterocycles. The molecule has 0 amide bonds. The van der Waals surface area contributed by atoms with E-state index < -0.39 is 0 Å². The van der Waals surface area contributed by atoms with Gasteiger partial charge >= 0.3 is 0 Å². The first-order valence-electron chi connectivity index (χ1n) is 4.91. The van der Waals surface area contributed by atoms with Gasteiger partial charge in [0.05, 0.1) is 0 Å². The third kappa shape index (κ3) is 1.94. The maximum absolute atomic E-state index is 5.00. The summed E-state index contributed by atoms with van der Waals surface area (Å²) in [4.78, 5) is 7.06. The van der Waals surface area contributed by atoms with Crippen molar-refractivity contribution in [1.82, 2.24) is 0 Å². The highest BCUT2D eigenvalue weighted by molar-refractivity contribution is 7.74. The van der Waals surface area contributed by atoms with E-state index in [4.69, 9.17) is 4.89 Å². The Balaban J connectivity index is 2.66. The summed E-state index contributed by atoms with van der Waals surface area (Å²) < 4.78 is 4.42. The van der Waals surface area contributed by atoms with E-state index in [0.717, 1.165) is 16.5 Å². The van der Waals surface area contributed by atoms with Crippen LogP contribution in [0.25, 0.3) is 10.8 Å². The average molecular weight is 235 g/mol. The molecule has 0 aliphatic heterocycles. The van der Waals surface area contributed by atoms with Crippen molar-refractivity contribution in [3.63, 3.8) is 0 Å². The van der Waals surface area contributed by atoms with Crippen LogP contribution in [0.5, 0.6) is 5.75 Å². The zero-order chi connectivity index (χ0) is 11.5. The van der Waals surface area contributed by atoms with E-state index >= 15 is 0 Å². The zero-order valence-electron chi connectivity index (χ0n) is 9.18. The topological polar surface area (TPSA) is 21.7 Å². The number of fused-ring (bicyclic) bond motifs is 1. The molecule has 2 aromatic rings. The molecule has 3 nitrogen and oxygen atoms in total. The largest absolute Gasteiger partial charge is 0.377 e. The molecule has 0 aliphatic carbocycles. The van der Waals surface area contributed by atoms with Gasteiger partial charge in [0, 0.05) is 43.5 Å². The van der Waals surface area contributed by atoms with Crippen LogP contribution in [0.1, 0.15) is 0 Å². The van der Waals surface area contributed by atoms with Crippen LogP contribution >= 0.6 is 12.9 Å². The SMILES string of the molecule is CN(C)c1cccc2c(OOS)cccc12. The number of nitrogens with zero attached hydrogens (tertiary/aromatic N) is 1. The summed E-state index contributed by atoms with van der Waals surface area (Å²) in [5.74, 6) is 0.663.